The van der Waals surface area contributed by atoms with Crippen LogP contribution in [0, 0.1) is 5.82 Å². The van der Waals surface area contributed by atoms with Crippen LogP contribution in [0.3, 0.4) is 0 Å². The van der Waals surface area contributed by atoms with E-state index in [1.54, 1.807) is 18.2 Å². The molecule has 0 aliphatic heterocycles. The van der Waals surface area contributed by atoms with Gasteiger partial charge in [0.25, 0.3) is 5.91 Å². The maximum absolute atomic E-state index is 13.3. The first-order chi connectivity index (χ1) is 14.5. The Morgan fingerprint density at radius 1 is 1.00 bits per heavy atom. The predicted molar refractivity (Wildman–Crippen MR) is 121 cm³/mol. The van der Waals surface area contributed by atoms with Crippen LogP contribution in [-0.2, 0) is 0 Å². The van der Waals surface area contributed by atoms with Crippen molar-refractivity contribution in [3.63, 3.8) is 0 Å². The smallest absolute Gasteiger partial charge is 0.267 e. The molecule has 1 N–H and O–H groups in total. The Labute approximate surface area is 181 Å². The van der Waals surface area contributed by atoms with Crippen LogP contribution in [0.1, 0.15) is 22.8 Å². The zero-order valence-corrected chi connectivity index (χ0v) is 17.7. The van der Waals surface area contributed by atoms with Crippen LogP contribution in [0.5, 0.6) is 0 Å². The third-order valence-electron chi connectivity index (χ3n) is 4.69. The molecule has 0 unspecified atom stereocenters. The summed E-state index contributed by atoms with van der Waals surface area (Å²) in [7, 11) is 0. The Morgan fingerprint density at radius 2 is 1.70 bits per heavy atom. The Hall–Kier alpha value is -3.38. The van der Waals surface area contributed by atoms with Crippen LogP contribution in [0.25, 0.3) is 22.2 Å². The standard InChI is InChI=1S/C24H17BrFN3O/c1-15(16-6-10-18(25)11-7-16)28-29-24(30)21-14-23(17-8-12-19(26)13-9-17)27-22-5-3-2-4-20(21)22/h2-14H,1H3,(H,29,30). The Balaban J connectivity index is 1.70. The minimum Gasteiger partial charge on any atom is -0.267 e. The van der Waals surface area contributed by atoms with E-state index in [4.69, 9.17) is 0 Å². The average molecular weight is 462 g/mol. The molecule has 4 rings (SSSR count). The molecule has 0 radical (unpaired) electrons. The predicted octanol–water partition coefficient (Wildman–Crippen LogP) is 5.96. The summed E-state index contributed by atoms with van der Waals surface area (Å²) < 4.78 is 14.3. The van der Waals surface area contributed by atoms with E-state index in [0.29, 0.717) is 22.5 Å². The van der Waals surface area contributed by atoms with Crippen molar-refractivity contribution in [3.8, 4) is 11.3 Å². The number of aromatic nitrogens is 1. The van der Waals surface area contributed by atoms with Gasteiger partial charge in [0, 0.05) is 15.4 Å². The number of pyridine rings is 1. The number of fused-ring (bicyclic) bond motifs is 1. The maximum atomic E-state index is 13.3. The van der Waals surface area contributed by atoms with Gasteiger partial charge in [-0.3, -0.25) is 4.79 Å². The largest absolute Gasteiger partial charge is 0.272 e. The van der Waals surface area contributed by atoms with E-state index < -0.39 is 0 Å². The van der Waals surface area contributed by atoms with Gasteiger partial charge < -0.3 is 0 Å². The van der Waals surface area contributed by atoms with Crippen molar-refractivity contribution >= 4 is 38.5 Å². The first-order valence-corrected chi connectivity index (χ1v) is 10.1. The monoisotopic (exact) mass is 461 g/mol. The third kappa shape index (κ3) is 4.28. The Bertz CT molecular complexity index is 1250. The summed E-state index contributed by atoms with van der Waals surface area (Å²) in [5.41, 5.74) is 6.68. The molecule has 1 heterocycles. The number of hydrogen-bond donors (Lipinski definition) is 1. The summed E-state index contributed by atoms with van der Waals surface area (Å²) >= 11 is 3.40. The normalized spacial score (nSPS) is 11.5. The van der Waals surface area contributed by atoms with Gasteiger partial charge in [-0.25, -0.2) is 14.8 Å². The summed E-state index contributed by atoms with van der Waals surface area (Å²) in [5, 5.41) is 4.97. The zero-order valence-electron chi connectivity index (χ0n) is 16.1. The first kappa shape index (κ1) is 19.9. The number of carbonyl (C=O) groups is 1. The summed E-state index contributed by atoms with van der Waals surface area (Å²) in [6.07, 6.45) is 0. The molecule has 1 amide bonds. The maximum Gasteiger partial charge on any atom is 0.272 e. The van der Waals surface area contributed by atoms with Crippen LogP contribution < -0.4 is 5.43 Å². The van der Waals surface area contributed by atoms with Crippen LogP contribution in [-0.4, -0.2) is 16.6 Å². The van der Waals surface area contributed by atoms with E-state index >= 15 is 0 Å². The highest BCUT2D eigenvalue weighted by Gasteiger charge is 2.14. The molecule has 0 bridgehead atoms. The Morgan fingerprint density at radius 3 is 2.43 bits per heavy atom. The van der Waals surface area contributed by atoms with Gasteiger partial charge in [0.05, 0.1) is 22.5 Å². The van der Waals surface area contributed by atoms with Crippen molar-refractivity contribution in [1.29, 1.82) is 0 Å². The lowest BCUT2D eigenvalue weighted by atomic mass is 10.0. The van der Waals surface area contributed by atoms with Gasteiger partial charge in [-0.2, -0.15) is 5.10 Å². The summed E-state index contributed by atoms with van der Waals surface area (Å²) in [4.78, 5) is 17.6. The number of carbonyl (C=O) groups excluding carboxylic acids is 1. The van der Waals surface area contributed by atoms with E-state index in [1.807, 2.05) is 55.5 Å². The quantitative estimate of drug-likeness (QED) is 0.301. The van der Waals surface area contributed by atoms with Gasteiger partial charge in [0.1, 0.15) is 5.82 Å². The fourth-order valence-electron chi connectivity index (χ4n) is 3.08. The zero-order chi connectivity index (χ0) is 21.1. The highest BCUT2D eigenvalue weighted by molar-refractivity contribution is 9.10. The van der Waals surface area contributed by atoms with E-state index in [1.165, 1.54) is 12.1 Å². The molecule has 4 nitrogen and oxygen atoms in total. The van der Waals surface area contributed by atoms with Crippen molar-refractivity contribution in [2.24, 2.45) is 5.10 Å². The van der Waals surface area contributed by atoms with Crippen molar-refractivity contribution in [2.45, 2.75) is 6.92 Å². The average Bonchev–Trinajstić information content (AvgIpc) is 2.77. The number of hydrazone groups is 1. The number of para-hydroxylation sites is 1. The molecule has 0 saturated heterocycles. The van der Waals surface area contributed by atoms with Gasteiger partial charge in [0.2, 0.25) is 0 Å². The molecular weight excluding hydrogens is 445 g/mol. The van der Waals surface area contributed by atoms with E-state index in [-0.39, 0.29) is 11.7 Å². The molecule has 0 spiro atoms. The van der Waals surface area contributed by atoms with E-state index in [9.17, 15) is 9.18 Å². The molecule has 148 valence electrons. The Kier molecular flexibility index (Phi) is 5.68. The second kappa shape index (κ2) is 8.55. The van der Waals surface area contributed by atoms with Crippen LogP contribution in [0.4, 0.5) is 4.39 Å². The van der Waals surface area contributed by atoms with Gasteiger partial charge in [-0.1, -0.05) is 46.3 Å². The molecule has 0 saturated carbocycles. The van der Waals surface area contributed by atoms with Gasteiger partial charge in [-0.05, 0) is 61.0 Å². The molecule has 0 aliphatic carbocycles. The molecule has 3 aromatic carbocycles. The van der Waals surface area contributed by atoms with Crippen molar-refractivity contribution in [1.82, 2.24) is 10.4 Å². The third-order valence-corrected chi connectivity index (χ3v) is 5.22. The van der Waals surface area contributed by atoms with Crippen molar-refractivity contribution in [2.75, 3.05) is 0 Å². The minimum atomic E-state index is -0.339. The molecule has 0 fully saturated rings. The lowest BCUT2D eigenvalue weighted by molar-refractivity contribution is 0.0956. The van der Waals surface area contributed by atoms with Crippen molar-refractivity contribution < 1.29 is 9.18 Å². The van der Waals surface area contributed by atoms with E-state index in [0.717, 1.165) is 21.0 Å². The number of nitrogens with zero attached hydrogens (tertiary/aromatic N) is 2. The van der Waals surface area contributed by atoms with Crippen molar-refractivity contribution in [3.05, 3.63) is 100 Å². The molecule has 0 atom stereocenters. The number of rotatable bonds is 4. The number of amides is 1. The molecular formula is C24H17BrFN3O. The van der Waals surface area contributed by atoms with Crippen LogP contribution in [0.15, 0.2) is 88.4 Å². The highest BCUT2D eigenvalue weighted by Crippen LogP contribution is 2.25. The molecule has 6 heteroatoms. The second-order valence-corrected chi connectivity index (χ2v) is 7.64. The number of nitrogens with one attached hydrogen (secondary N) is 1. The summed E-state index contributed by atoms with van der Waals surface area (Å²) in [5.74, 6) is -0.663. The lowest BCUT2D eigenvalue weighted by Gasteiger charge is -2.09. The second-order valence-electron chi connectivity index (χ2n) is 6.72. The van der Waals surface area contributed by atoms with E-state index in [2.05, 4.69) is 31.4 Å². The molecule has 0 aliphatic rings. The summed E-state index contributed by atoms with van der Waals surface area (Å²) in [6, 6.07) is 22.8. The minimum absolute atomic E-state index is 0.324. The SMILES string of the molecule is CC(=NNC(=O)c1cc(-c2ccc(F)cc2)nc2ccccc12)c1ccc(Br)cc1. The highest BCUT2D eigenvalue weighted by atomic mass is 79.9. The molecule has 1 aromatic heterocycles. The van der Waals surface area contributed by atoms with Gasteiger partial charge in [0.15, 0.2) is 0 Å². The fraction of sp³-hybridized carbons (Fsp3) is 0.0417. The van der Waals surface area contributed by atoms with Crippen LogP contribution in [0.2, 0.25) is 0 Å². The topological polar surface area (TPSA) is 54.4 Å². The number of halogens is 2. The first-order valence-electron chi connectivity index (χ1n) is 9.27. The van der Waals surface area contributed by atoms with Gasteiger partial charge >= 0.3 is 0 Å². The molecule has 30 heavy (non-hydrogen) atoms. The fourth-order valence-corrected chi connectivity index (χ4v) is 3.35. The lowest BCUT2D eigenvalue weighted by Crippen LogP contribution is -2.20. The number of hydrogen-bond acceptors (Lipinski definition) is 3. The van der Waals surface area contributed by atoms with Crippen LogP contribution >= 0.6 is 15.9 Å². The van der Waals surface area contributed by atoms with Gasteiger partial charge in [-0.15, -0.1) is 0 Å². The summed E-state index contributed by atoms with van der Waals surface area (Å²) in [6.45, 7) is 1.83. The number of benzene rings is 3. The molecule has 4 aromatic rings.